The first-order valence-corrected chi connectivity index (χ1v) is 10.5. The van der Waals surface area contributed by atoms with Crippen molar-refractivity contribution in [3.05, 3.63) is 44.1 Å². The number of ether oxygens (including phenoxy) is 3. The summed E-state index contributed by atoms with van der Waals surface area (Å²) >= 11 is 8.74. The zero-order valence-corrected chi connectivity index (χ0v) is 20.6. The predicted octanol–water partition coefficient (Wildman–Crippen LogP) is 5.69. The van der Waals surface area contributed by atoms with Crippen LogP contribution >= 0.6 is 90.4 Å². The first-order chi connectivity index (χ1) is 10.9. The maximum Gasteiger partial charge on any atom is 0.337 e. The van der Waals surface area contributed by atoms with Crippen LogP contribution in [0, 0.1) is 14.3 Å². The van der Waals surface area contributed by atoms with E-state index in [0.717, 1.165) is 31.5 Å². The Labute approximate surface area is 188 Å². The number of carbonyl (C=O) groups is 1. The van der Waals surface area contributed by atoms with Gasteiger partial charge in [0.05, 0.1) is 34.1 Å². The number of methoxy groups -OCH3 is 2. The summed E-state index contributed by atoms with van der Waals surface area (Å²) in [6.45, 7) is 0. The van der Waals surface area contributed by atoms with E-state index in [0.29, 0.717) is 5.56 Å². The molecule has 122 valence electrons. The maximum absolute atomic E-state index is 11.7. The second kappa shape index (κ2) is 8.69. The summed E-state index contributed by atoms with van der Waals surface area (Å²) in [5.41, 5.74) is 0.507. The van der Waals surface area contributed by atoms with Crippen LogP contribution in [0.3, 0.4) is 0 Å². The fourth-order valence-corrected chi connectivity index (χ4v) is 5.94. The Morgan fingerprint density at radius 2 is 1.30 bits per heavy atom. The van der Waals surface area contributed by atoms with Crippen LogP contribution in [0.5, 0.6) is 17.2 Å². The van der Waals surface area contributed by atoms with E-state index in [9.17, 15) is 4.79 Å². The summed E-state index contributed by atoms with van der Waals surface area (Å²) in [6.07, 6.45) is 0. The molecular weight excluding hydrogens is 752 g/mol. The van der Waals surface area contributed by atoms with Crippen molar-refractivity contribution in [3.63, 3.8) is 0 Å². The van der Waals surface area contributed by atoms with Crippen molar-refractivity contribution in [1.29, 1.82) is 0 Å². The van der Waals surface area contributed by atoms with Crippen LogP contribution in [0.25, 0.3) is 0 Å². The van der Waals surface area contributed by atoms with Gasteiger partial charge in [-0.2, -0.15) is 0 Å². The molecule has 0 N–H and O–H groups in total. The van der Waals surface area contributed by atoms with Gasteiger partial charge in [-0.3, -0.25) is 0 Å². The lowest BCUT2D eigenvalue weighted by Crippen LogP contribution is -2.03. The van der Waals surface area contributed by atoms with Crippen LogP contribution in [0.4, 0.5) is 0 Å². The van der Waals surface area contributed by atoms with Crippen LogP contribution in [-0.4, -0.2) is 20.2 Å². The van der Waals surface area contributed by atoms with Gasteiger partial charge in [-0.05, 0) is 115 Å². The molecule has 0 saturated heterocycles. The van der Waals surface area contributed by atoms with Gasteiger partial charge < -0.3 is 14.2 Å². The van der Waals surface area contributed by atoms with Gasteiger partial charge in [-0.1, -0.05) is 0 Å². The van der Waals surface area contributed by atoms with Crippen LogP contribution in [0.2, 0.25) is 0 Å². The number of esters is 1. The number of hydrogen-bond acceptors (Lipinski definition) is 4. The average molecular weight is 762 g/mol. The van der Waals surface area contributed by atoms with E-state index >= 15 is 0 Å². The Morgan fingerprint density at radius 1 is 0.826 bits per heavy atom. The first kappa shape index (κ1) is 19.8. The molecule has 0 unspecified atom stereocenters. The van der Waals surface area contributed by atoms with E-state index in [-0.39, 0.29) is 5.97 Å². The first-order valence-electron chi connectivity index (χ1n) is 6.15. The third kappa shape index (κ3) is 4.74. The van der Waals surface area contributed by atoms with Crippen molar-refractivity contribution < 1.29 is 19.0 Å². The molecule has 0 bridgehead atoms. The normalized spacial score (nSPS) is 10.3. The molecule has 0 aliphatic heterocycles. The van der Waals surface area contributed by atoms with Crippen LogP contribution in [0.1, 0.15) is 10.4 Å². The molecule has 23 heavy (non-hydrogen) atoms. The summed E-state index contributed by atoms with van der Waals surface area (Å²) in [6, 6.07) is 7.34. The second-order valence-corrected chi connectivity index (χ2v) is 8.93. The maximum atomic E-state index is 11.7. The van der Waals surface area contributed by atoms with E-state index in [1.165, 1.54) is 7.11 Å². The van der Waals surface area contributed by atoms with E-state index in [1.807, 2.05) is 12.1 Å². The quantitative estimate of drug-likeness (QED) is 0.297. The lowest BCUT2D eigenvalue weighted by Gasteiger charge is -2.14. The molecule has 4 nitrogen and oxygen atoms in total. The summed E-state index contributed by atoms with van der Waals surface area (Å²) in [5.74, 6) is 1.92. The Balaban J connectivity index is 2.39. The number of hydrogen-bond donors (Lipinski definition) is 0. The summed E-state index contributed by atoms with van der Waals surface area (Å²) < 4.78 is 19.8. The minimum atomic E-state index is -0.360. The lowest BCUT2D eigenvalue weighted by molar-refractivity contribution is 0.0600. The molecule has 0 fully saturated rings. The van der Waals surface area contributed by atoms with Crippen molar-refractivity contribution in [3.8, 4) is 17.2 Å². The largest absolute Gasteiger partial charge is 0.495 e. The number of benzene rings is 2. The van der Waals surface area contributed by atoms with Crippen LogP contribution < -0.4 is 9.47 Å². The molecule has 0 radical (unpaired) electrons. The molecule has 0 aliphatic rings. The summed E-state index contributed by atoms with van der Waals surface area (Å²) in [4.78, 5) is 11.7. The van der Waals surface area contributed by atoms with Crippen molar-refractivity contribution in [2.24, 2.45) is 0 Å². The zero-order valence-electron chi connectivity index (χ0n) is 12.0. The van der Waals surface area contributed by atoms with Gasteiger partial charge in [-0.25, -0.2) is 4.79 Å². The minimum absolute atomic E-state index is 0.360. The molecule has 0 heterocycles. The minimum Gasteiger partial charge on any atom is -0.495 e. The van der Waals surface area contributed by atoms with E-state index in [1.54, 1.807) is 19.2 Å². The Bertz CT molecular complexity index is 715. The Hall–Kier alpha value is 0.430. The smallest absolute Gasteiger partial charge is 0.337 e. The standard InChI is InChI=1S/C15H10I4O4/c1-21-13-11(18)5-8(6-12(13)19)23-14-9(16)3-7(4-10(14)17)15(20)22-2/h3-6H,1-2H3. The van der Waals surface area contributed by atoms with Crippen molar-refractivity contribution >= 4 is 96.3 Å². The molecule has 0 aliphatic carbocycles. The SMILES string of the molecule is COC(=O)c1cc(I)c(Oc2cc(I)c(OC)c(I)c2)c(I)c1. The molecule has 0 amide bonds. The van der Waals surface area contributed by atoms with Gasteiger partial charge in [0, 0.05) is 0 Å². The fourth-order valence-electron chi connectivity index (χ4n) is 1.80. The number of rotatable bonds is 4. The molecule has 2 aromatic carbocycles. The number of carbonyl (C=O) groups excluding carboxylic acids is 1. The molecule has 0 atom stereocenters. The van der Waals surface area contributed by atoms with Gasteiger partial charge in [0.2, 0.25) is 0 Å². The Morgan fingerprint density at radius 3 is 1.74 bits per heavy atom. The molecule has 0 saturated carbocycles. The molecule has 8 heteroatoms. The third-order valence-electron chi connectivity index (χ3n) is 2.82. The highest BCUT2D eigenvalue weighted by molar-refractivity contribution is 14.1. The second-order valence-electron chi connectivity index (χ2n) is 4.28. The van der Waals surface area contributed by atoms with Crippen LogP contribution in [-0.2, 0) is 4.74 Å². The molecule has 2 rings (SSSR count). The highest BCUT2D eigenvalue weighted by atomic mass is 127. The van der Waals surface area contributed by atoms with E-state index < -0.39 is 0 Å². The van der Waals surface area contributed by atoms with Gasteiger partial charge in [-0.15, -0.1) is 0 Å². The lowest BCUT2D eigenvalue weighted by atomic mass is 10.2. The van der Waals surface area contributed by atoms with Gasteiger partial charge in [0.25, 0.3) is 0 Å². The summed E-state index contributed by atoms with van der Waals surface area (Å²) in [5, 5.41) is 0. The Kier molecular flexibility index (Phi) is 7.46. The van der Waals surface area contributed by atoms with E-state index in [4.69, 9.17) is 14.2 Å². The average Bonchev–Trinajstić information content (AvgIpc) is 2.49. The predicted molar refractivity (Wildman–Crippen MR) is 122 cm³/mol. The summed E-state index contributed by atoms with van der Waals surface area (Å²) in [7, 11) is 3.02. The van der Waals surface area contributed by atoms with Gasteiger partial charge in [0.1, 0.15) is 11.5 Å². The van der Waals surface area contributed by atoms with Crippen molar-refractivity contribution in [2.45, 2.75) is 0 Å². The van der Waals surface area contributed by atoms with E-state index in [2.05, 4.69) is 90.4 Å². The molecular formula is C15H10I4O4. The van der Waals surface area contributed by atoms with Crippen LogP contribution in [0.15, 0.2) is 24.3 Å². The topological polar surface area (TPSA) is 44.8 Å². The monoisotopic (exact) mass is 762 g/mol. The number of halogens is 4. The van der Waals surface area contributed by atoms with Crippen molar-refractivity contribution in [2.75, 3.05) is 14.2 Å². The van der Waals surface area contributed by atoms with Gasteiger partial charge in [0.15, 0.2) is 5.75 Å². The highest BCUT2D eigenvalue weighted by Crippen LogP contribution is 2.37. The van der Waals surface area contributed by atoms with Crippen molar-refractivity contribution in [1.82, 2.24) is 0 Å². The molecule has 0 spiro atoms. The fraction of sp³-hybridized carbons (Fsp3) is 0.133. The third-order valence-corrected chi connectivity index (χ3v) is 6.02. The zero-order chi connectivity index (χ0) is 17.1. The highest BCUT2D eigenvalue weighted by Gasteiger charge is 2.16. The van der Waals surface area contributed by atoms with Gasteiger partial charge >= 0.3 is 5.97 Å². The molecule has 0 aromatic heterocycles. The molecule has 2 aromatic rings.